The fourth-order valence-electron chi connectivity index (χ4n) is 2.59. The van der Waals surface area contributed by atoms with Crippen LogP contribution in [0, 0.1) is 18.8 Å². The van der Waals surface area contributed by atoms with Gasteiger partial charge in [0.1, 0.15) is 5.82 Å². The third-order valence-electron chi connectivity index (χ3n) is 4.18. The summed E-state index contributed by atoms with van der Waals surface area (Å²) in [4.78, 5) is 4.40. The van der Waals surface area contributed by atoms with Gasteiger partial charge in [0.25, 0.3) is 0 Å². The Kier molecular flexibility index (Phi) is 3.55. The maximum absolute atomic E-state index is 5.91. The summed E-state index contributed by atoms with van der Waals surface area (Å²) >= 11 is 0. The third kappa shape index (κ3) is 2.71. The highest BCUT2D eigenvalue weighted by molar-refractivity contribution is 5.53. The Labute approximate surface area is 104 Å². The van der Waals surface area contributed by atoms with Crippen LogP contribution in [0.1, 0.15) is 38.7 Å². The van der Waals surface area contributed by atoms with Gasteiger partial charge in [0, 0.05) is 24.0 Å². The lowest BCUT2D eigenvalue weighted by molar-refractivity contribution is 0.253. The quantitative estimate of drug-likeness (QED) is 0.824. The minimum Gasteiger partial charge on any atom is -0.398 e. The Morgan fingerprint density at radius 2 is 2.12 bits per heavy atom. The van der Waals surface area contributed by atoms with Crippen molar-refractivity contribution in [1.29, 1.82) is 0 Å². The SMILES string of the molecule is Cc1cnc(NC2CCCC(C)C2C)cc1N. The van der Waals surface area contributed by atoms with Crippen LogP contribution in [0.5, 0.6) is 0 Å². The van der Waals surface area contributed by atoms with E-state index in [1.807, 2.05) is 19.2 Å². The zero-order chi connectivity index (χ0) is 12.4. The molecular weight excluding hydrogens is 210 g/mol. The van der Waals surface area contributed by atoms with E-state index in [1.54, 1.807) is 0 Å². The number of anilines is 2. The van der Waals surface area contributed by atoms with Gasteiger partial charge in [0.05, 0.1) is 0 Å². The van der Waals surface area contributed by atoms with Gasteiger partial charge in [-0.2, -0.15) is 0 Å². The maximum atomic E-state index is 5.91. The zero-order valence-corrected chi connectivity index (χ0v) is 11.0. The van der Waals surface area contributed by atoms with Gasteiger partial charge in [-0.15, -0.1) is 0 Å². The van der Waals surface area contributed by atoms with Crippen LogP contribution < -0.4 is 11.1 Å². The van der Waals surface area contributed by atoms with Gasteiger partial charge in [-0.05, 0) is 30.7 Å². The molecule has 1 heterocycles. The molecule has 2 rings (SSSR count). The number of aryl methyl sites for hydroxylation is 1. The Balaban J connectivity index is 2.07. The number of pyridine rings is 1. The number of nitrogens with one attached hydrogen (secondary N) is 1. The summed E-state index contributed by atoms with van der Waals surface area (Å²) in [5, 5.41) is 3.54. The Bertz CT molecular complexity index is 389. The van der Waals surface area contributed by atoms with Crippen molar-refractivity contribution in [3.05, 3.63) is 17.8 Å². The molecule has 0 spiro atoms. The van der Waals surface area contributed by atoms with Crippen LogP contribution in [0.3, 0.4) is 0 Å². The first kappa shape index (κ1) is 12.2. The monoisotopic (exact) mass is 233 g/mol. The molecule has 1 aromatic heterocycles. The molecule has 1 fully saturated rings. The molecule has 17 heavy (non-hydrogen) atoms. The number of nitrogens with two attached hydrogens (primary N) is 1. The highest BCUT2D eigenvalue weighted by atomic mass is 15.0. The summed E-state index contributed by atoms with van der Waals surface area (Å²) < 4.78 is 0. The van der Waals surface area contributed by atoms with Gasteiger partial charge in [-0.3, -0.25) is 0 Å². The molecule has 0 amide bonds. The number of rotatable bonds is 2. The second-order valence-corrected chi connectivity index (χ2v) is 5.44. The highest BCUT2D eigenvalue weighted by Gasteiger charge is 2.27. The topological polar surface area (TPSA) is 50.9 Å². The molecule has 1 aliphatic carbocycles. The molecule has 94 valence electrons. The number of aromatic nitrogens is 1. The number of hydrogen-bond acceptors (Lipinski definition) is 3. The predicted octanol–water partition coefficient (Wildman–Crippen LogP) is 3.21. The van der Waals surface area contributed by atoms with E-state index in [9.17, 15) is 0 Å². The van der Waals surface area contributed by atoms with Crippen molar-refractivity contribution in [3.8, 4) is 0 Å². The summed E-state index contributed by atoms with van der Waals surface area (Å²) in [5.74, 6) is 2.41. The van der Waals surface area contributed by atoms with Crippen LogP contribution in [0.2, 0.25) is 0 Å². The van der Waals surface area contributed by atoms with Crippen LogP contribution in [0.25, 0.3) is 0 Å². The van der Waals surface area contributed by atoms with E-state index in [0.717, 1.165) is 23.0 Å². The minimum absolute atomic E-state index is 0.536. The predicted molar refractivity (Wildman–Crippen MR) is 73.0 cm³/mol. The van der Waals surface area contributed by atoms with E-state index in [-0.39, 0.29) is 0 Å². The minimum atomic E-state index is 0.536. The summed E-state index contributed by atoms with van der Waals surface area (Å²) in [7, 11) is 0. The molecule has 0 aromatic carbocycles. The molecular formula is C14H23N3. The van der Waals surface area contributed by atoms with Crippen LogP contribution in [-0.4, -0.2) is 11.0 Å². The molecule has 1 saturated carbocycles. The molecule has 0 saturated heterocycles. The first-order chi connectivity index (χ1) is 8.08. The largest absolute Gasteiger partial charge is 0.398 e. The summed E-state index contributed by atoms with van der Waals surface area (Å²) in [5.41, 5.74) is 7.77. The first-order valence-corrected chi connectivity index (χ1v) is 6.56. The summed E-state index contributed by atoms with van der Waals surface area (Å²) in [6, 6.07) is 2.48. The zero-order valence-electron chi connectivity index (χ0n) is 11.0. The van der Waals surface area contributed by atoms with Gasteiger partial charge >= 0.3 is 0 Å². The van der Waals surface area contributed by atoms with E-state index in [0.29, 0.717) is 12.0 Å². The third-order valence-corrected chi connectivity index (χ3v) is 4.18. The number of hydrogen-bond donors (Lipinski definition) is 2. The molecule has 3 unspecified atom stereocenters. The van der Waals surface area contributed by atoms with Gasteiger partial charge < -0.3 is 11.1 Å². The number of nitrogens with zero attached hydrogens (tertiary/aromatic N) is 1. The summed E-state index contributed by atoms with van der Waals surface area (Å²) in [6.07, 6.45) is 5.74. The van der Waals surface area contributed by atoms with Crippen molar-refractivity contribution < 1.29 is 0 Å². The molecule has 3 nitrogen and oxygen atoms in total. The van der Waals surface area contributed by atoms with Crippen LogP contribution >= 0.6 is 0 Å². The van der Waals surface area contributed by atoms with Crippen molar-refractivity contribution in [1.82, 2.24) is 4.98 Å². The highest BCUT2D eigenvalue weighted by Crippen LogP contribution is 2.31. The van der Waals surface area contributed by atoms with Gasteiger partial charge in [-0.1, -0.05) is 26.7 Å². The van der Waals surface area contributed by atoms with Crippen LogP contribution in [0.15, 0.2) is 12.3 Å². The van der Waals surface area contributed by atoms with Crippen LogP contribution in [-0.2, 0) is 0 Å². The molecule has 3 N–H and O–H groups in total. The molecule has 0 radical (unpaired) electrons. The Hall–Kier alpha value is -1.25. The lowest BCUT2D eigenvalue weighted by atomic mass is 9.78. The van der Waals surface area contributed by atoms with Crippen molar-refractivity contribution in [2.24, 2.45) is 11.8 Å². The lowest BCUT2D eigenvalue weighted by Crippen LogP contribution is -2.35. The van der Waals surface area contributed by atoms with Crippen molar-refractivity contribution in [3.63, 3.8) is 0 Å². The fraction of sp³-hybridized carbons (Fsp3) is 0.643. The fourth-order valence-corrected chi connectivity index (χ4v) is 2.59. The maximum Gasteiger partial charge on any atom is 0.128 e. The second kappa shape index (κ2) is 4.94. The van der Waals surface area contributed by atoms with Gasteiger partial charge in [0.2, 0.25) is 0 Å². The average Bonchev–Trinajstić information content (AvgIpc) is 2.30. The van der Waals surface area contributed by atoms with Crippen molar-refractivity contribution in [2.75, 3.05) is 11.1 Å². The van der Waals surface area contributed by atoms with Crippen molar-refractivity contribution in [2.45, 2.75) is 46.1 Å². The van der Waals surface area contributed by atoms with E-state index >= 15 is 0 Å². The molecule has 3 atom stereocenters. The average molecular weight is 233 g/mol. The summed E-state index contributed by atoms with van der Waals surface area (Å²) in [6.45, 7) is 6.66. The Morgan fingerprint density at radius 1 is 1.35 bits per heavy atom. The lowest BCUT2D eigenvalue weighted by Gasteiger charge is -2.35. The van der Waals surface area contributed by atoms with Crippen molar-refractivity contribution >= 4 is 11.5 Å². The number of nitrogen functional groups attached to an aromatic ring is 1. The first-order valence-electron chi connectivity index (χ1n) is 6.56. The van der Waals surface area contributed by atoms with E-state index in [1.165, 1.54) is 19.3 Å². The Morgan fingerprint density at radius 3 is 2.82 bits per heavy atom. The van der Waals surface area contributed by atoms with Crippen LogP contribution in [0.4, 0.5) is 11.5 Å². The molecule has 1 aromatic rings. The molecule has 3 heteroatoms. The van der Waals surface area contributed by atoms with E-state index in [4.69, 9.17) is 5.73 Å². The normalized spacial score (nSPS) is 29.0. The van der Waals surface area contributed by atoms with E-state index in [2.05, 4.69) is 24.1 Å². The molecule has 0 bridgehead atoms. The van der Waals surface area contributed by atoms with E-state index < -0.39 is 0 Å². The smallest absolute Gasteiger partial charge is 0.128 e. The van der Waals surface area contributed by atoms with Gasteiger partial charge in [-0.25, -0.2) is 4.98 Å². The molecule has 1 aliphatic rings. The van der Waals surface area contributed by atoms with Gasteiger partial charge in [0.15, 0.2) is 0 Å². The molecule has 0 aliphatic heterocycles. The second-order valence-electron chi connectivity index (χ2n) is 5.44. The standard InChI is InChI=1S/C14H23N3/c1-9-5-4-6-13(11(9)3)17-14-7-12(15)10(2)8-16-14/h7-9,11,13H,4-6H2,1-3H3,(H3,15,16,17).